The van der Waals surface area contributed by atoms with Gasteiger partial charge in [-0.1, -0.05) is 19.8 Å². The van der Waals surface area contributed by atoms with Crippen LogP contribution in [0.1, 0.15) is 32.6 Å². The molecule has 1 aromatic rings. The minimum absolute atomic E-state index is 0.118. The minimum atomic E-state index is 0.118. The second-order valence-electron chi connectivity index (χ2n) is 6.11. The maximum absolute atomic E-state index is 12.4. The molecule has 5 nitrogen and oxygen atoms in total. The summed E-state index contributed by atoms with van der Waals surface area (Å²) in [5, 5.41) is 6.31. The fourth-order valence-electron chi connectivity index (χ4n) is 3.25. The van der Waals surface area contributed by atoms with Crippen LogP contribution in [0.3, 0.4) is 0 Å². The first-order valence-electron chi connectivity index (χ1n) is 7.94. The summed E-state index contributed by atoms with van der Waals surface area (Å²) in [6.07, 6.45) is 6.76. The van der Waals surface area contributed by atoms with Gasteiger partial charge in [-0.3, -0.25) is 0 Å². The van der Waals surface area contributed by atoms with Crippen LogP contribution >= 0.6 is 11.3 Å². The van der Waals surface area contributed by atoms with E-state index in [1.165, 1.54) is 19.3 Å². The third-order valence-electron chi connectivity index (χ3n) is 4.68. The van der Waals surface area contributed by atoms with Gasteiger partial charge in [0.15, 0.2) is 5.13 Å². The zero-order valence-electron chi connectivity index (χ0n) is 12.6. The van der Waals surface area contributed by atoms with Crippen molar-refractivity contribution in [3.63, 3.8) is 0 Å². The van der Waals surface area contributed by atoms with Crippen molar-refractivity contribution in [1.29, 1.82) is 0 Å². The van der Waals surface area contributed by atoms with Crippen molar-refractivity contribution in [3.05, 3.63) is 11.6 Å². The first kappa shape index (κ1) is 14.6. The van der Waals surface area contributed by atoms with Gasteiger partial charge in [0.05, 0.1) is 0 Å². The average molecular weight is 308 g/mol. The van der Waals surface area contributed by atoms with E-state index in [0.717, 1.165) is 37.7 Å². The largest absolute Gasteiger partial charge is 0.345 e. The molecule has 6 heteroatoms. The molecule has 116 valence electrons. The topological polar surface area (TPSA) is 48.5 Å². The molecule has 21 heavy (non-hydrogen) atoms. The number of rotatable bonds is 2. The molecule has 0 spiro atoms. The standard InChI is InChI=1S/C15H24N4OS/c1-12-4-2-3-5-13(12)17-14(20)18-7-9-19(10-8-18)15-16-6-11-21-15/h6,11-13H,2-5,7-10H2,1H3,(H,17,20). The Balaban J connectivity index is 1.48. The average Bonchev–Trinajstić information content (AvgIpc) is 3.04. The first-order chi connectivity index (χ1) is 10.2. The van der Waals surface area contributed by atoms with Crippen LogP contribution in [-0.2, 0) is 0 Å². The number of carbonyl (C=O) groups excluding carboxylic acids is 1. The van der Waals surface area contributed by atoms with Crippen molar-refractivity contribution >= 4 is 22.5 Å². The first-order valence-corrected chi connectivity index (χ1v) is 8.82. The number of hydrogen-bond acceptors (Lipinski definition) is 4. The minimum Gasteiger partial charge on any atom is -0.345 e. The zero-order chi connectivity index (χ0) is 14.7. The molecule has 2 atom stereocenters. The van der Waals surface area contributed by atoms with Crippen LogP contribution in [0.25, 0.3) is 0 Å². The van der Waals surface area contributed by atoms with Gasteiger partial charge < -0.3 is 15.1 Å². The Morgan fingerprint density at radius 3 is 2.71 bits per heavy atom. The van der Waals surface area contributed by atoms with Gasteiger partial charge >= 0.3 is 6.03 Å². The number of anilines is 1. The van der Waals surface area contributed by atoms with Crippen LogP contribution in [0, 0.1) is 5.92 Å². The molecule has 0 radical (unpaired) electrons. The molecule has 0 bridgehead atoms. The lowest BCUT2D eigenvalue weighted by atomic mass is 9.86. The van der Waals surface area contributed by atoms with Gasteiger partial charge in [-0.15, -0.1) is 11.3 Å². The molecule has 2 aliphatic rings. The van der Waals surface area contributed by atoms with E-state index in [1.807, 2.05) is 16.5 Å². The molecule has 3 rings (SSSR count). The molecular formula is C15H24N4OS. The molecule has 1 aromatic heterocycles. The molecular weight excluding hydrogens is 284 g/mol. The van der Waals surface area contributed by atoms with Crippen LogP contribution in [0.2, 0.25) is 0 Å². The highest BCUT2D eigenvalue weighted by atomic mass is 32.1. The van der Waals surface area contributed by atoms with Crippen molar-refractivity contribution in [2.45, 2.75) is 38.6 Å². The third-order valence-corrected chi connectivity index (χ3v) is 5.51. The summed E-state index contributed by atoms with van der Waals surface area (Å²) in [6, 6.07) is 0.482. The molecule has 2 heterocycles. The van der Waals surface area contributed by atoms with E-state index in [4.69, 9.17) is 0 Å². The second kappa shape index (κ2) is 6.64. The lowest BCUT2D eigenvalue weighted by Crippen LogP contribution is -2.54. The summed E-state index contributed by atoms with van der Waals surface area (Å²) in [6.45, 7) is 5.58. The molecule has 1 N–H and O–H groups in total. The van der Waals surface area contributed by atoms with Crippen molar-refractivity contribution in [3.8, 4) is 0 Å². The maximum Gasteiger partial charge on any atom is 0.317 e. The summed E-state index contributed by atoms with van der Waals surface area (Å²) >= 11 is 1.66. The van der Waals surface area contributed by atoms with E-state index in [1.54, 1.807) is 11.3 Å². The Kier molecular flexibility index (Phi) is 4.63. The van der Waals surface area contributed by atoms with Gasteiger partial charge in [-0.05, 0) is 18.8 Å². The highest BCUT2D eigenvalue weighted by Crippen LogP contribution is 2.24. The normalized spacial score (nSPS) is 26.7. The molecule has 2 amide bonds. The van der Waals surface area contributed by atoms with Crippen LogP contribution in [0.5, 0.6) is 0 Å². The van der Waals surface area contributed by atoms with Crippen molar-refractivity contribution < 1.29 is 4.79 Å². The lowest BCUT2D eigenvalue weighted by molar-refractivity contribution is 0.179. The maximum atomic E-state index is 12.4. The van der Waals surface area contributed by atoms with Crippen LogP contribution in [0.15, 0.2) is 11.6 Å². The van der Waals surface area contributed by atoms with Gasteiger partial charge in [0.1, 0.15) is 0 Å². The van der Waals surface area contributed by atoms with Gasteiger partial charge in [0.2, 0.25) is 0 Å². The van der Waals surface area contributed by atoms with E-state index in [-0.39, 0.29) is 6.03 Å². The van der Waals surface area contributed by atoms with E-state index >= 15 is 0 Å². The molecule has 1 saturated carbocycles. The zero-order valence-corrected chi connectivity index (χ0v) is 13.4. The van der Waals surface area contributed by atoms with Crippen molar-refractivity contribution in [2.24, 2.45) is 5.92 Å². The predicted octanol–water partition coefficient (Wildman–Crippen LogP) is 2.55. The summed E-state index contributed by atoms with van der Waals surface area (Å²) in [5.74, 6) is 0.610. The Bertz CT molecular complexity index is 456. The van der Waals surface area contributed by atoms with E-state index in [2.05, 4.69) is 22.1 Å². The summed E-state index contributed by atoms with van der Waals surface area (Å²) in [7, 11) is 0. The Hall–Kier alpha value is -1.30. The Morgan fingerprint density at radius 1 is 1.29 bits per heavy atom. The SMILES string of the molecule is CC1CCCCC1NC(=O)N1CCN(c2nccs2)CC1. The quantitative estimate of drug-likeness (QED) is 0.913. The number of nitrogens with one attached hydrogen (secondary N) is 1. The highest BCUT2D eigenvalue weighted by molar-refractivity contribution is 7.13. The van der Waals surface area contributed by atoms with Gasteiger partial charge in [0.25, 0.3) is 0 Å². The number of nitrogens with zero attached hydrogens (tertiary/aromatic N) is 3. The summed E-state index contributed by atoms with van der Waals surface area (Å²) in [4.78, 5) is 20.9. The number of thiazole rings is 1. The molecule has 1 saturated heterocycles. The number of amides is 2. The van der Waals surface area contributed by atoms with Crippen LogP contribution < -0.4 is 10.2 Å². The van der Waals surface area contributed by atoms with Crippen molar-refractivity contribution in [2.75, 3.05) is 31.1 Å². The highest BCUT2D eigenvalue weighted by Gasteiger charge is 2.27. The number of urea groups is 1. The predicted molar refractivity (Wildman–Crippen MR) is 85.9 cm³/mol. The monoisotopic (exact) mass is 308 g/mol. The summed E-state index contributed by atoms with van der Waals surface area (Å²) < 4.78 is 0. The molecule has 2 fully saturated rings. The number of piperazine rings is 1. The van der Waals surface area contributed by atoms with Crippen LogP contribution in [-0.4, -0.2) is 48.1 Å². The van der Waals surface area contributed by atoms with E-state index in [0.29, 0.717) is 12.0 Å². The fourth-order valence-corrected chi connectivity index (χ4v) is 3.95. The summed E-state index contributed by atoms with van der Waals surface area (Å²) in [5.41, 5.74) is 0. The Labute approximate surface area is 130 Å². The number of carbonyl (C=O) groups is 1. The number of aromatic nitrogens is 1. The number of hydrogen-bond donors (Lipinski definition) is 1. The van der Waals surface area contributed by atoms with E-state index in [9.17, 15) is 4.79 Å². The third kappa shape index (κ3) is 3.48. The fraction of sp³-hybridized carbons (Fsp3) is 0.733. The molecule has 2 unspecified atom stereocenters. The smallest absolute Gasteiger partial charge is 0.317 e. The van der Waals surface area contributed by atoms with Gasteiger partial charge in [-0.2, -0.15) is 0 Å². The Morgan fingerprint density at radius 2 is 2.05 bits per heavy atom. The van der Waals surface area contributed by atoms with Crippen molar-refractivity contribution in [1.82, 2.24) is 15.2 Å². The lowest BCUT2D eigenvalue weighted by Gasteiger charge is -2.37. The van der Waals surface area contributed by atoms with Gasteiger partial charge in [-0.25, -0.2) is 9.78 Å². The molecule has 1 aliphatic heterocycles. The van der Waals surface area contributed by atoms with Gasteiger partial charge in [0, 0.05) is 43.8 Å². The second-order valence-corrected chi connectivity index (χ2v) is 6.98. The molecule has 0 aromatic carbocycles. The molecule has 1 aliphatic carbocycles. The van der Waals surface area contributed by atoms with E-state index < -0.39 is 0 Å². The van der Waals surface area contributed by atoms with Crippen LogP contribution in [0.4, 0.5) is 9.93 Å².